The first-order chi connectivity index (χ1) is 8.77. The summed E-state index contributed by atoms with van der Waals surface area (Å²) in [7, 11) is 0. The molecule has 0 fully saturated rings. The third-order valence-electron chi connectivity index (χ3n) is 3.19. The molecule has 3 rings (SSSR count). The maximum absolute atomic E-state index is 11.6. The topological polar surface area (TPSA) is 22.0 Å². The van der Waals surface area contributed by atoms with Gasteiger partial charge in [0.1, 0.15) is 5.69 Å². The highest BCUT2D eigenvalue weighted by atomic mass is 35.5. The fourth-order valence-corrected chi connectivity index (χ4v) is 2.52. The Morgan fingerprint density at radius 3 is 2.83 bits per heavy atom. The Bertz CT molecular complexity index is 679. The molecule has 0 amide bonds. The third-order valence-corrected chi connectivity index (χ3v) is 3.38. The normalized spacial score (nSPS) is 14.8. The van der Waals surface area contributed by atoms with Crippen LogP contribution >= 0.6 is 11.6 Å². The molecule has 1 heterocycles. The van der Waals surface area contributed by atoms with Crippen LogP contribution in [0.2, 0.25) is 0 Å². The van der Waals surface area contributed by atoms with Crippen molar-refractivity contribution in [2.45, 2.75) is 12.8 Å². The van der Waals surface area contributed by atoms with Crippen molar-refractivity contribution in [3.8, 4) is 0 Å². The van der Waals surface area contributed by atoms with Crippen molar-refractivity contribution in [1.29, 1.82) is 0 Å². The van der Waals surface area contributed by atoms with E-state index in [1.165, 1.54) is 0 Å². The highest BCUT2D eigenvalue weighted by molar-refractivity contribution is 6.67. The summed E-state index contributed by atoms with van der Waals surface area (Å²) in [6, 6.07) is 9.79. The van der Waals surface area contributed by atoms with Crippen LogP contribution in [0.15, 0.2) is 48.6 Å². The number of para-hydroxylation sites is 1. The molecular weight excluding hydrogens is 246 g/mol. The molecule has 0 N–H and O–H groups in total. The van der Waals surface area contributed by atoms with Gasteiger partial charge in [0.05, 0.1) is 5.52 Å². The van der Waals surface area contributed by atoms with Crippen LogP contribution in [-0.2, 0) is 0 Å². The van der Waals surface area contributed by atoms with E-state index in [-0.39, 0.29) is 0 Å². The summed E-state index contributed by atoms with van der Waals surface area (Å²) in [4.78, 5) is 11.6. The Balaban J connectivity index is 2.30. The second-order valence-electron chi connectivity index (χ2n) is 4.32. The summed E-state index contributed by atoms with van der Waals surface area (Å²) in [5, 5.41) is 0.624. The Morgan fingerprint density at radius 2 is 2.11 bits per heavy atom. The molecule has 0 saturated carbocycles. The minimum Gasteiger partial charge on any atom is -0.309 e. The van der Waals surface area contributed by atoms with Crippen molar-refractivity contribution in [3.63, 3.8) is 0 Å². The molecule has 0 atom stereocenters. The lowest BCUT2D eigenvalue weighted by Crippen LogP contribution is -2.05. The van der Waals surface area contributed by atoms with E-state index in [1.54, 1.807) is 0 Å². The van der Waals surface area contributed by atoms with Crippen molar-refractivity contribution in [3.05, 3.63) is 54.3 Å². The van der Waals surface area contributed by atoms with Crippen LogP contribution in [0.25, 0.3) is 16.6 Å². The maximum atomic E-state index is 11.6. The first-order valence-corrected chi connectivity index (χ1v) is 6.31. The van der Waals surface area contributed by atoms with Crippen molar-refractivity contribution in [1.82, 2.24) is 4.57 Å². The monoisotopic (exact) mass is 257 g/mol. The molecule has 0 bridgehead atoms. The van der Waals surface area contributed by atoms with E-state index in [1.807, 2.05) is 47.1 Å². The summed E-state index contributed by atoms with van der Waals surface area (Å²) in [5.74, 6) is 0. The number of aromatic nitrogens is 1. The fourth-order valence-electron chi connectivity index (χ4n) is 2.39. The van der Waals surface area contributed by atoms with Gasteiger partial charge in [0, 0.05) is 11.1 Å². The molecule has 3 heteroatoms. The molecule has 0 aliphatic heterocycles. The van der Waals surface area contributed by atoms with E-state index < -0.39 is 5.24 Å². The number of hydrogen-bond donors (Lipinski definition) is 0. The number of carbonyl (C=O) groups excluding carboxylic acids is 1. The Labute approximate surface area is 110 Å². The Kier molecular flexibility index (Phi) is 2.80. The smallest absolute Gasteiger partial charge is 0.269 e. The van der Waals surface area contributed by atoms with E-state index >= 15 is 0 Å². The average molecular weight is 258 g/mol. The lowest BCUT2D eigenvalue weighted by molar-refractivity contribution is 0.107. The van der Waals surface area contributed by atoms with Crippen LogP contribution in [0, 0.1) is 0 Å². The molecule has 0 radical (unpaired) electrons. The van der Waals surface area contributed by atoms with Crippen LogP contribution < -0.4 is 0 Å². The predicted molar refractivity (Wildman–Crippen MR) is 74.8 cm³/mol. The molecule has 2 nitrogen and oxygen atoms in total. The molecule has 0 saturated heterocycles. The molecule has 0 unspecified atom stereocenters. The van der Waals surface area contributed by atoms with Crippen LogP contribution in [0.1, 0.15) is 23.3 Å². The average Bonchev–Trinajstić information content (AvgIpc) is 2.79. The summed E-state index contributed by atoms with van der Waals surface area (Å²) >= 11 is 5.69. The van der Waals surface area contributed by atoms with Crippen LogP contribution in [0.5, 0.6) is 0 Å². The number of fused-ring (bicyclic) bond motifs is 1. The first kappa shape index (κ1) is 11.3. The number of nitrogens with zero attached hydrogens (tertiary/aromatic N) is 1. The number of halogens is 1. The third kappa shape index (κ3) is 1.79. The molecule has 18 heavy (non-hydrogen) atoms. The van der Waals surface area contributed by atoms with E-state index in [2.05, 4.69) is 6.08 Å². The summed E-state index contributed by atoms with van der Waals surface area (Å²) < 4.78 is 1.97. The van der Waals surface area contributed by atoms with E-state index in [9.17, 15) is 4.79 Å². The predicted octanol–water partition coefficient (Wildman–Crippen LogP) is 4.21. The summed E-state index contributed by atoms with van der Waals surface area (Å²) in [5.41, 5.74) is 2.69. The molecule has 1 aliphatic rings. The maximum Gasteiger partial charge on any atom is 0.269 e. The number of rotatable bonds is 2. The van der Waals surface area contributed by atoms with Gasteiger partial charge in [0.15, 0.2) is 0 Å². The van der Waals surface area contributed by atoms with Gasteiger partial charge in [-0.25, -0.2) is 0 Å². The van der Waals surface area contributed by atoms with Gasteiger partial charge in [0.25, 0.3) is 5.24 Å². The first-order valence-electron chi connectivity index (χ1n) is 5.94. The standard InChI is InChI=1S/C15H12ClNO/c16-15(18)14-10-11-6-4-5-9-13(11)17(14)12-7-2-1-3-8-12/h1-2,4-7,9-10H,3,8H2. The molecule has 2 aromatic rings. The Hall–Kier alpha value is -1.80. The van der Waals surface area contributed by atoms with Gasteiger partial charge in [0.2, 0.25) is 0 Å². The largest absolute Gasteiger partial charge is 0.309 e. The fraction of sp³-hybridized carbons (Fsp3) is 0.133. The van der Waals surface area contributed by atoms with E-state index in [4.69, 9.17) is 11.6 Å². The molecule has 0 spiro atoms. The van der Waals surface area contributed by atoms with Crippen molar-refractivity contribution in [2.75, 3.05) is 0 Å². The summed E-state index contributed by atoms with van der Waals surface area (Å²) in [6.07, 6.45) is 8.10. The Morgan fingerprint density at radius 1 is 1.28 bits per heavy atom. The number of benzene rings is 1. The molecule has 1 aliphatic carbocycles. The van der Waals surface area contributed by atoms with Crippen LogP contribution in [-0.4, -0.2) is 9.81 Å². The van der Waals surface area contributed by atoms with Gasteiger partial charge in [-0.15, -0.1) is 0 Å². The number of hydrogen-bond acceptors (Lipinski definition) is 1. The second-order valence-corrected chi connectivity index (χ2v) is 4.67. The lowest BCUT2D eigenvalue weighted by atomic mass is 10.1. The highest BCUT2D eigenvalue weighted by Crippen LogP contribution is 2.28. The van der Waals surface area contributed by atoms with Crippen LogP contribution in [0.4, 0.5) is 0 Å². The lowest BCUT2D eigenvalue weighted by Gasteiger charge is -2.14. The number of allylic oxidation sites excluding steroid dienone is 4. The SMILES string of the molecule is O=C(Cl)c1cc2ccccc2n1C1=CC=CCC1. The molecule has 1 aromatic carbocycles. The van der Waals surface area contributed by atoms with Gasteiger partial charge in [-0.3, -0.25) is 4.79 Å². The van der Waals surface area contributed by atoms with Crippen molar-refractivity contribution in [2.24, 2.45) is 0 Å². The van der Waals surface area contributed by atoms with Crippen molar-refractivity contribution >= 4 is 33.4 Å². The minimum absolute atomic E-state index is 0.415. The quantitative estimate of drug-likeness (QED) is 0.739. The zero-order valence-corrected chi connectivity index (χ0v) is 10.5. The summed E-state index contributed by atoms with van der Waals surface area (Å²) in [6.45, 7) is 0. The van der Waals surface area contributed by atoms with Gasteiger partial charge >= 0.3 is 0 Å². The van der Waals surface area contributed by atoms with Gasteiger partial charge in [-0.1, -0.05) is 30.4 Å². The molecule has 1 aromatic heterocycles. The van der Waals surface area contributed by atoms with E-state index in [0.29, 0.717) is 5.69 Å². The van der Waals surface area contributed by atoms with Crippen LogP contribution in [0.3, 0.4) is 0 Å². The molecular formula is C15H12ClNO. The zero-order valence-electron chi connectivity index (χ0n) is 9.77. The van der Waals surface area contributed by atoms with Gasteiger partial charge in [-0.2, -0.15) is 0 Å². The van der Waals surface area contributed by atoms with E-state index in [0.717, 1.165) is 29.4 Å². The second kappa shape index (κ2) is 4.46. The zero-order chi connectivity index (χ0) is 12.5. The van der Waals surface area contributed by atoms with Crippen molar-refractivity contribution < 1.29 is 4.79 Å². The minimum atomic E-state index is -0.415. The molecule has 90 valence electrons. The van der Waals surface area contributed by atoms with Gasteiger partial charge in [-0.05, 0) is 42.7 Å². The number of carbonyl (C=O) groups is 1. The van der Waals surface area contributed by atoms with Gasteiger partial charge < -0.3 is 4.57 Å². The highest BCUT2D eigenvalue weighted by Gasteiger charge is 2.16.